The van der Waals surface area contributed by atoms with Gasteiger partial charge in [0.25, 0.3) is 0 Å². The van der Waals surface area contributed by atoms with Crippen molar-refractivity contribution in [3.8, 4) is 0 Å². The average Bonchev–Trinajstić information content (AvgIpc) is 2.00. The fraction of sp³-hybridized carbons (Fsp3) is 0.400. The molecule has 0 saturated heterocycles. The second kappa shape index (κ2) is 3.78. The predicted octanol–water partition coefficient (Wildman–Crippen LogP) is 2.75. The van der Waals surface area contributed by atoms with E-state index in [1.165, 1.54) is 0 Å². The molecule has 4 nitrogen and oxygen atoms in total. The zero-order valence-electron chi connectivity index (χ0n) is 9.21. The van der Waals surface area contributed by atoms with Gasteiger partial charge in [-0.05, 0) is 0 Å². The van der Waals surface area contributed by atoms with Gasteiger partial charge < -0.3 is 0 Å². The van der Waals surface area contributed by atoms with E-state index in [1.807, 2.05) is 50.3 Å². The van der Waals surface area contributed by atoms with Crippen molar-refractivity contribution in [2.75, 3.05) is 20.0 Å². The van der Waals surface area contributed by atoms with Crippen LogP contribution in [-0.4, -0.2) is 25.1 Å². The molecule has 0 aliphatic heterocycles. The first-order chi connectivity index (χ1) is 6.76. The maximum absolute atomic E-state index is 10.4. The summed E-state index contributed by atoms with van der Waals surface area (Å²) < 4.78 is 4.88. The molecule has 0 aliphatic carbocycles. The number of benzene rings is 1. The molecule has 0 aromatic heterocycles. The Bertz CT molecular complexity index is 356. The summed E-state index contributed by atoms with van der Waals surface area (Å²) in [5.41, 5.74) is 1.07. The van der Waals surface area contributed by atoms with Gasteiger partial charge in [0.1, 0.15) is 0 Å². The van der Waals surface area contributed by atoms with Gasteiger partial charge in [0.05, 0.1) is 0 Å². The summed E-state index contributed by atoms with van der Waals surface area (Å²) in [5.74, 6) is 0. The molecule has 0 unspecified atom stereocenters. The van der Waals surface area contributed by atoms with Crippen LogP contribution in [-0.2, 0) is 10.8 Å². The van der Waals surface area contributed by atoms with Gasteiger partial charge in [-0.2, -0.15) is 0 Å². The first kappa shape index (κ1) is 11.9. The third-order valence-electron chi connectivity index (χ3n) is 1.93. The monoisotopic (exact) mass is 229 g/mol. The first-order valence-corrected chi connectivity index (χ1v) is 8.33. The average molecular weight is 229 g/mol. The van der Waals surface area contributed by atoms with Gasteiger partial charge in [-0.25, -0.2) is 0 Å². The van der Waals surface area contributed by atoms with Crippen molar-refractivity contribution in [2.24, 2.45) is 0 Å². The van der Waals surface area contributed by atoms with E-state index in [0.717, 1.165) is 5.56 Å². The fourth-order valence-corrected chi connectivity index (χ4v) is 3.49. The van der Waals surface area contributed by atoms with Gasteiger partial charge in [0.2, 0.25) is 0 Å². The van der Waals surface area contributed by atoms with Crippen LogP contribution in [0.1, 0.15) is 5.56 Å². The van der Waals surface area contributed by atoms with Crippen molar-refractivity contribution < 1.29 is 9.71 Å². The summed E-state index contributed by atoms with van der Waals surface area (Å²) in [7, 11) is 0. The molecule has 0 radical (unpaired) electrons. The molecule has 0 fully saturated rings. The number of hydrogen-bond donors (Lipinski definition) is 0. The Kier molecular flexibility index (Phi) is 3.00. The Morgan fingerprint density at radius 3 is 2.27 bits per heavy atom. The molecule has 0 N–H and O–H groups in total. The molecule has 84 valence electrons. The van der Waals surface area contributed by atoms with Gasteiger partial charge in [-0.15, -0.1) is 0 Å². The molecule has 1 aromatic rings. The Morgan fingerprint density at radius 2 is 1.80 bits per heavy atom. The Morgan fingerprint density at radius 1 is 1.27 bits per heavy atom. The van der Waals surface area contributed by atoms with Crippen molar-refractivity contribution in [3.05, 3.63) is 46.0 Å². The van der Waals surface area contributed by atoms with E-state index in [9.17, 15) is 10.1 Å². The van der Waals surface area contributed by atoms with Gasteiger partial charge in [0, 0.05) is 0 Å². The van der Waals surface area contributed by atoms with E-state index in [2.05, 4.69) is 0 Å². The van der Waals surface area contributed by atoms with Crippen LogP contribution in [0.5, 0.6) is 0 Å². The van der Waals surface area contributed by atoms with Crippen LogP contribution in [0.25, 0.3) is 0 Å². The van der Waals surface area contributed by atoms with Crippen molar-refractivity contribution in [2.45, 2.75) is 6.16 Å². The number of rotatable bonds is 4. The molecule has 1 aromatic carbocycles. The Balaban J connectivity index is 2.83. The van der Waals surface area contributed by atoms with E-state index in [4.69, 9.17) is 4.62 Å². The maximum atomic E-state index is 10.4. The van der Waals surface area contributed by atoms with E-state index >= 15 is 0 Å². The van der Waals surface area contributed by atoms with Gasteiger partial charge in [-0.3, -0.25) is 0 Å². The quantitative estimate of drug-likeness (QED) is 0.453. The number of hydrogen-bond acceptors (Lipinski definition) is 3. The van der Waals surface area contributed by atoms with Gasteiger partial charge >= 0.3 is 88.7 Å². The molecule has 5 heteroatoms. The molecular formula is C10H16NO3P. The Hall–Kier alpha value is -1.15. The van der Waals surface area contributed by atoms with Crippen LogP contribution in [0.3, 0.4) is 0 Å². The van der Waals surface area contributed by atoms with Crippen LogP contribution in [0.2, 0.25) is 0 Å². The minimum absolute atomic E-state index is 0.618. The minimum atomic E-state index is -2.67. The van der Waals surface area contributed by atoms with Gasteiger partial charge in [-0.1, -0.05) is 0 Å². The molecule has 0 heterocycles. The SMILES string of the molecule is CP(C)(C)(Cc1ccccc1)O[N+](=O)[O-]. The topological polar surface area (TPSA) is 52.4 Å². The zero-order chi connectivity index (χ0) is 11.6. The molecular weight excluding hydrogens is 213 g/mol. The van der Waals surface area contributed by atoms with Crippen LogP contribution < -0.4 is 0 Å². The fourth-order valence-electron chi connectivity index (χ4n) is 1.48. The summed E-state index contributed by atoms with van der Waals surface area (Å²) in [4.78, 5) is 10.4. The molecule has 0 atom stereocenters. The van der Waals surface area contributed by atoms with Crippen molar-refractivity contribution in [1.82, 2.24) is 0 Å². The van der Waals surface area contributed by atoms with E-state index in [1.54, 1.807) is 0 Å². The molecule has 0 amide bonds. The van der Waals surface area contributed by atoms with E-state index in [0.29, 0.717) is 6.16 Å². The summed E-state index contributed by atoms with van der Waals surface area (Å²) in [6.07, 6.45) is 0.618. The van der Waals surface area contributed by atoms with Gasteiger partial charge in [0.15, 0.2) is 0 Å². The normalized spacial score (nSPS) is 13.9. The molecule has 0 aliphatic rings. The summed E-state index contributed by atoms with van der Waals surface area (Å²) in [6.45, 7) is 2.87. The first-order valence-electron chi connectivity index (χ1n) is 4.65. The summed E-state index contributed by atoms with van der Waals surface area (Å²) in [6, 6.07) is 9.69. The van der Waals surface area contributed by atoms with Crippen molar-refractivity contribution in [3.63, 3.8) is 0 Å². The second-order valence-electron chi connectivity index (χ2n) is 4.92. The zero-order valence-corrected chi connectivity index (χ0v) is 10.1. The van der Waals surface area contributed by atoms with Crippen LogP contribution in [0.15, 0.2) is 30.3 Å². The van der Waals surface area contributed by atoms with Crippen molar-refractivity contribution >= 4 is 6.83 Å². The summed E-state index contributed by atoms with van der Waals surface area (Å²) >= 11 is 0. The second-order valence-corrected chi connectivity index (χ2v) is 11.3. The summed E-state index contributed by atoms with van der Waals surface area (Å²) in [5, 5.41) is 9.75. The molecule has 15 heavy (non-hydrogen) atoms. The van der Waals surface area contributed by atoms with E-state index < -0.39 is 11.9 Å². The molecule has 0 bridgehead atoms. The Labute approximate surface area is 89.4 Å². The van der Waals surface area contributed by atoms with Crippen LogP contribution in [0.4, 0.5) is 0 Å². The van der Waals surface area contributed by atoms with Crippen molar-refractivity contribution in [1.29, 1.82) is 0 Å². The third-order valence-corrected chi connectivity index (χ3v) is 4.12. The number of nitrogens with zero attached hydrogens (tertiary/aromatic N) is 1. The predicted molar refractivity (Wildman–Crippen MR) is 62.9 cm³/mol. The molecule has 0 saturated carbocycles. The third kappa shape index (κ3) is 4.26. The standard InChI is InChI=1S/C10H16NO3P/c1-15(2,3,14-11(12)13)9-10-7-5-4-6-8-10/h4-8H,9H2,1-3H3. The van der Waals surface area contributed by atoms with Crippen LogP contribution >= 0.6 is 6.83 Å². The molecule has 0 spiro atoms. The van der Waals surface area contributed by atoms with E-state index in [-0.39, 0.29) is 0 Å². The molecule has 1 rings (SSSR count). The van der Waals surface area contributed by atoms with Crippen LogP contribution in [0, 0.1) is 10.1 Å².